The van der Waals surface area contributed by atoms with Crippen LogP contribution in [0.2, 0.25) is 0 Å². The molecule has 0 aromatic heterocycles. The molecular weight excluding hydrogens is 264 g/mol. The van der Waals surface area contributed by atoms with E-state index < -0.39 is 0 Å². The first-order valence-electron chi connectivity index (χ1n) is 7.79. The van der Waals surface area contributed by atoms with Crippen molar-refractivity contribution in [3.05, 3.63) is 82.9 Å². The SMILES string of the molecule is Cc1cc(C)cc(-c2cccc(-c3cc(C)cc(C)c3)c2)c1. The maximum absolute atomic E-state index is 2.29. The van der Waals surface area contributed by atoms with Crippen molar-refractivity contribution in [2.24, 2.45) is 0 Å². The third-order valence-electron chi connectivity index (χ3n) is 3.97. The summed E-state index contributed by atoms with van der Waals surface area (Å²) in [7, 11) is 0. The summed E-state index contributed by atoms with van der Waals surface area (Å²) in [5.41, 5.74) is 10.4. The van der Waals surface area contributed by atoms with Crippen molar-refractivity contribution >= 4 is 0 Å². The molecule has 0 fully saturated rings. The number of hydrogen-bond acceptors (Lipinski definition) is 0. The molecule has 0 aliphatic heterocycles. The Balaban J connectivity index is 2.09. The van der Waals surface area contributed by atoms with E-state index in [1.807, 2.05) is 0 Å². The topological polar surface area (TPSA) is 0 Å². The molecule has 0 aliphatic rings. The predicted molar refractivity (Wildman–Crippen MR) is 96.3 cm³/mol. The molecule has 3 rings (SSSR count). The van der Waals surface area contributed by atoms with Gasteiger partial charge in [-0.2, -0.15) is 0 Å². The van der Waals surface area contributed by atoms with Gasteiger partial charge in [-0.25, -0.2) is 0 Å². The van der Waals surface area contributed by atoms with E-state index in [-0.39, 0.29) is 0 Å². The Bertz CT molecular complexity index is 718. The number of aryl methyl sites for hydroxylation is 4. The highest BCUT2D eigenvalue weighted by Crippen LogP contribution is 2.28. The van der Waals surface area contributed by atoms with E-state index in [1.54, 1.807) is 0 Å². The Labute approximate surface area is 133 Å². The van der Waals surface area contributed by atoms with Gasteiger partial charge in [-0.15, -0.1) is 0 Å². The van der Waals surface area contributed by atoms with Crippen LogP contribution in [0.25, 0.3) is 22.3 Å². The van der Waals surface area contributed by atoms with E-state index >= 15 is 0 Å². The van der Waals surface area contributed by atoms with Crippen LogP contribution in [0.15, 0.2) is 60.7 Å². The van der Waals surface area contributed by atoms with E-state index in [0.717, 1.165) is 0 Å². The largest absolute Gasteiger partial charge is 0.0610 e. The molecule has 0 unspecified atom stereocenters. The lowest BCUT2D eigenvalue weighted by Gasteiger charge is -2.09. The summed E-state index contributed by atoms with van der Waals surface area (Å²) in [5, 5.41) is 0. The zero-order chi connectivity index (χ0) is 15.7. The minimum absolute atomic E-state index is 1.28. The average Bonchev–Trinajstić information content (AvgIpc) is 2.45. The van der Waals surface area contributed by atoms with Crippen LogP contribution in [-0.2, 0) is 0 Å². The summed E-state index contributed by atoms with van der Waals surface area (Å²) in [6.07, 6.45) is 0. The van der Waals surface area contributed by atoms with Crippen LogP contribution >= 0.6 is 0 Å². The lowest BCUT2D eigenvalue weighted by atomic mass is 9.95. The molecule has 0 bridgehead atoms. The fraction of sp³-hybridized carbons (Fsp3) is 0.182. The first-order chi connectivity index (χ1) is 10.5. The minimum Gasteiger partial charge on any atom is -0.0610 e. The van der Waals surface area contributed by atoms with Gasteiger partial charge in [0.05, 0.1) is 0 Å². The highest BCUT2D eigenvalue weighted by molar-refractivity contribution is 5.74. The standard InChI is InChI=1S/C22H22/c1-15-8-16(2)11-21(10-15)19-6-5-7-20(14-19)22-12-17(3)9-18(4)13-22/h5-14H,1-4H3. The molecule has 0 saturated heterocycles. The van der Waals surface area contributed by atoms with Gasteiger partial charge in [-0.1, -0.05) is 76.9 Å². The molecule has 0 N–H and O–H groups in total. The van der Waals surface area contributed by atoms with Gasteiger partial charge >= 0.3 is 0 Å². The lowest BCUT2D eigenvalue weighted by molar-refractivity contribution is 1.38. The Morgan fingerprint density at radius 3 is 1.14 bits per heavy atom. The molecule has 110 valence electrons. The molecule has 0 saturated carbocycles. The van der Waals surface area contributed by atoms with Gasteiger partial charge in [0.2, 0.25) is 0 Å². The molecule has 3 aromatic rings. The molecule has 3 aromatic carbocycles. The molecule has 0 nitrogen and oxygen atoms in total. The Morgan fingerprint density at radius 1 is 0.409 bits per heavy atom. The van der Waals surface area contributed by atoms with Crippen molar-refractivity contribution < 1.29 is 0 Å². The van der Waals surface area contributed by atoms with Crippen molar-refractivity contribution in [1.29, 1.82) is 0 Å². The maximum atomic E-state index is 2.29. The van der Waals surface area contributed by atoms with Crippen LogP contribution in [0.3, 0.4) is 0 Å². The van der Waals surface area contributed by atoms with Gasteiger partial charge in [-0.05, 0) is 56.0 Å². The average molecular weight is 286 g/mol. The summed E-state index contributed by atoms with van der Waals surface area (Å²) in [5.74, 6) is 0. The third kappa shape index (κ3) is 3.12. The fourth-order valence-corrected chi connectivity index (χ4v) is 3.16. The molecule has 22 heavy (non-hydrogen) atoms. The molecule has 0 radical (unpaired) electrons. The summed E-state index contributed by atoms with van der Waals surface area (Å²) >= 11 is 0. The van der Waals surface area contributed by atoms with Gasteiger partial charge in [0.25, 0.3) is 0 Å². The predicted octanol–water partition coefficient (Wildman–Crippen LogP) is 6.25. The summed E-state index contributed by atoms with van der Waals surface area (Å²) in [4.78, 5) is 0. The quantitative estimate of drug-likeness (QED) is 0.522. The van der Waals surface area contributed by atoms with Crippen molar-refractivity contribution in [1.82, 2.24) is 0 Å². The van der Waals surface area contributed by atoms with Crippen molar-refractivity contribution in [3.63, 3.8) is 0 Å². The van der Waals surface area contributed by atoms with Crippen LogP contribution in [0.5, 0.6) is 0 Å². The summed E-state index contributed by atoms with van der Waals surface area (Å²) < 4.78 is 0. The fourth-order valence-electron chi connectivity index (χ4n) is 3.16. The first kappa shape index (κ1) is 14.6. The lowest BCUT2D eigenvalue weighted by Crippen LogP contribution is -1.86. The van der Waals surface area contributed by atoms with Gasteiger partial charge in [0.1, 0.15) is 0 Å². The number of hydrogen-bond donors (Lipinski definition) is 0. The van der Waals surface area contributed by atoms with Gasteiger partial charge in [-0.3, -0.25) is 0 Å². The van der Waals surface area contributed by atoms with E-state index in [9.17, 15) is 0 Å². The second-order valence-corrected chi connectivity index (χ2v) is 6.33. The molecule has 0 heteroatoms. The van der Waals surface area contributed by atoms with Crippen LogP contribution in [-0.4, -0.2) is 0 Å². The smallest absolute Gasteiger partial charge is 0.0178 e. The summed E-state index contributed by atoms with van der Waals surface area (Å²) in [6.45, 7) is 8.63. The van der Waals surface area contributed by atoms with Gasteiger partial charge < -0.3 is 0 Å². The second kappa shape index (κ2) is 5.81. The van der Waals surface area contributed by atoms with Crippen molar-refractivity contribution in [2.45, 2.75) is 27.7 Å². The number of rotatable bonds is 2. The second-order valence-electron chi connectivity index (χ2n) is 6.33. The minimum atomic E-state index is 1.28. The molecule has 0 spiro atoms. The van der Waals surface area contributed by atoms with Crippen molar-refractivity contribution in [2.75, 3.05) is 0 Å². The Morgan fingerprint density at radius 2 is 0.773 bits per heavy atom. The summed E-state index contributed by atoms with van der Waals surface area (Å²) in [6, 6.07) is 22.3. The van der Waals surface area contributed by atoms with Crippen LogP contribution in [0.4, 0.5) is 0 Å². The third-order valence-corrected chi connectivity index (χ3v) is 3.97. The number of benzene rings is 3. The zero-order valence-electron chi connectivity index (χ0n) is 13.8. The van der Waals surface area contributed by atoms with Crippen molar-refractivity contribution in [3.8, 4) is 22.3 Å². The molecule has 0 aliphatic carbocycles. The molecule has 0 amide bonds. The Hall–Kier alpha value is -2.34. The van der Waals surface area contributed by atoms with Crippen LogP contribution < -0.4 is 0 Å². The van der Waals surface area contributed by atoms with Gasteiger partial charge in [0.15, 0.2) is 0 Å². The normalized spacial score (nSPS) is 10.7. The van der Waals surface area contributed by atoms with E-state index in [2.05, 4.69) is 88.4 Å². The maximum Gasteiger partial charge on any atom is -0.0178 e. The first-order valence-corrected chi connectivity index (χ1v) is 7.79. The molecule has 0 atom stereocenters. The zero-order valence-corrected chi connectivity index (χ0v) is 13.8. The Kier molecular flexibility index (Phi) is 3.85. The van der Waals surface area contributed by atoms with Gasteiger partial charge in [0, 0.05) is 0 Å². The molecular formula is C22H22. The van der Waals surface area contributed by atoms with E-state index in [1.165, 1.54) is 44.5 Å². The van der Waals surface area contributed by atoms with Crippen LogP contribution in [0, 0.1) is 27.7 Å². The highest BCUT2D eigenvalue weighted by Gasteiger charge is 2.04. The monoisotopic (exact) mass is 286 g/mol. The highest BCUT2D eigenvalue weighted by atomic mass is 14.1. The molecule has 0 heterocycles. The van der Waals surface area contributed by atoms with E-state index in [0.29, 0.717) is 0 Å². The van der Waals surface area contributed by atoms with Crippen LogP contribution in [0.1, 0.15) is 22.3 Å². The van der Waals surface area contributed by atoms with E-state index in [4.69, 9.17) is 0 Å².